The molecule has 0 aliphatic heterocycles. The van der Waals surface area contributed by atoms with Crippen molar-refractivity contribution in [1.82, 2.24) is 25.0 Å². The predicted molar refractivity (Wildman–Crippen MR) is 146 cm³/mol. The molecule has 2 atom stereocenters. The number of halogens is 2. The van der Waals surface area contributed by atoms with Crippen molar-refractivity contribution in [3.63, 3.8) is 0 Å². The van der Waals surface area contributed by atoms with Crippen LogP contribution in [0.2, 0.25) is 5.02 Å². The molecule has 15 heteroatoms. The second-order valence-corrected chi connectivity index (χ2v) is 10.0. The quantitative estimate of drug-likeness (QED) is 0.236. The Labute approximate surface area is 237 Å². The molecule has 0 aliphatic carbocycles. The Morgan fingerprint density at radius 1 is 1.30 bits per heavy atom. The van der Waals surface area contributed by atoms with Gasteiger partial charge in [-0.2, -0.15) is 4.98 Å². The zero-order chi connectivity index (χ0) is 29.2. The molecule has 2 heterocycles. The maximum Gasteiger partial charge on any atom is 0.305 e. The number of carboxylic acid groups (broad SMARTS) is 1. The third kappa shape index (κ3) is 8.36. The smallest absolute Gasteiger partial charge is 0.305 e. The summed E-state index contributed by atoms with van der Waals surface area (Å²) in [5.41, 5.74) is -0.356. The number of Topliss-reactive ketones (excluding diaryl/α,β-unsaturated/α-hetero) is 1. The molecular weight excluding hydrogens is 567 g/mol. The van der Waals surface area contributed by atoms with Crippen LogP contribution in [0.15, 0.2) is 39.9 Å². The third-order valence-corrected chi connectivity index (χ3v) is 7.07. The predicted octanol–water partition coefficient (Wildman–Crippen LogP) is 2.79. The Bertz CT molecular complexity index is 1400. The van der Waals surface area contributed by atoms with Crippen LogP contribution in [-0.2, 0) is 26.6 Å². The fourth-order valence-electron chi connectivity index (χ4n) is 3.74. The summed E-state index contributed by atoms with van der Waals surface area (Å²) < 4.78 is 20.2. The van der Waals surface area contributed by atoms with Gasteiger partial charge in [0.05, 0.1) is 18.2 Å². The van der Waals surface area contributed by atoms with Gasteiger partial charge < -0.3 is 20.3 Å². The zero-order valence-electron chi connectivity index (χ0n) is 21.7. The van der Waals surface area contributed by atoms with Crippen molar-refractivity contribution in [3.05, 3.63) is 69.1 Å². The molecule has 40 heavy (non-hydrogen) atoms. The third-order valence-electron chi connectivity index (χ3n) is 5.73. The van der Waals surface area contributed by atoms with Crippen molar-refractivity contribution < 1.29 is 28.4 Å². The SMILES string of the molecule is CCC(C(=O)N[C@@H](CC(=O)O)C(=O)CSCc1c(F)cccc1Cl)n1ccnc(NCCc2nc(C)no2)c1=O. The van der Waals surface area contributed by atoms with E-state index in [1.165, 1.54) is 35.2 Å². The van der Waals surface area contributed by atoms with E-state index in [2.05, 4.69) is 25.8 Å². The summed E-state index contributed by atoms with van der Waals surface area (Å²) in [5.74, 6) is -2.33. The van der Waals surface area contributed by atoms with E-state index < -0.39 is 47.5 Å². The van der Waals surface area contributed by atoms with Crippen LogP contribution in [0.3, 0.4) is 0 Å². The van der Waals surface area contributed by atoms with E-state index in [1.807, 2.05) is 0 Å². The van der Waals surface area contributed by atoms with Gasteiger partial charge in [0.2, 0.25) is 11.8 Å². The largest absolute Gasteiger partial charge is 0.481 e. The lowest BCUT2D eigenvalue weighted by Crippen LogP contribution is -2.47. The highest BCUT2D eigenvalue weighted by Gasteiger charge is 2.28. The molecule has 3 N–H and O–H groups in total. The van der Waals surface area contributed by atoms with E-state index in [-0.39, 0.29) is 40.9 Å². The first-order valence-electron chi connectivity index (χ1n) is 12.3. The maximum absolute atomic E-state index is 14.0. The molecule has 0 spiro atoms. The summed E-state index contributed by atoms with van der Waals surface area (Å²) in [5, 5.41) is 18.6. The number of amides is 1. The van der Waals surface area contributed by atoms with Gasteiger partial charge in [0.1, 0.15) is 11.9 Å². The maximum atomic E-state index is 14.0. The molecule has 0 saturated heterocycles. The van der Waals surface area contributed by atoms with Gasteiger partial charge in [-0.25, -0.2) is 9.37 Å². The van der Waals surface area contributed by atoms with Crippen molar-refractivity contribution in [2.45, 2.75) is 50.9 Å². The lowest BCUT2D eigenvalue weighted by molar-refractivity contribution is -0.140. The molecule has 0 bridgehead atoms. The van der Waals surface area contributed by atoms with Gasteiger partial charge in [-0.3, -0.25) is 23.7 Å². The Balaban J connectivity index is 1.66. The second kappa shape index (κ2) is 14.6. The van der Waals surface area contributed by atoms with Gasteiger partial charge in [0.15, 0.2) is 17.4 Å². The summed E-state index contributed by atoms with van der Waals surface area (Å²) in [6, 6.07) is 1.85. The number of aliphatic carboxylic acids is 1. The molecule has 3 aromatic rings. The summed E-state index contributed by atoms with van der Waals surface area (Å²) >= 11 is 7.06. The number of carboxylic acids is 1. The standard InChI is InChI=1S/C25H28ClFN6O6S/c1-3-19(33-10-9-29-23(25(33)38)28-8-7-21-30-14(2)32-39-21)24(37)31-18(11-22(35)36)20(34)13-40-12-15-16(26)5-4-6-17(15)27/h4-6,9-10,18-19H,3,7-8,11-13H2,1-2H3,(H,28,29)(H,31,37)(H,35,36)/t18-,19?/m0/s1. The first-order chi connectivity index (χ1) is 19.1. The molecule has 3 rings (SSSR count). The molecule has 1 unspecified atom stereocenters. The van der Waals surface area contributed by atoms with Gasteiger partial charge in [-0.05, 0) is 25.5 Å². The highest BCUT2D eigenvalue weighted by molar-refractivity contribution is 7.99. The van der Waals surface area contributed by atoms with Crippen LogP contribution in [0.5, 0.6) is 0 Å². The van der Waals surface area contributed by atoms with Crippen LogP contribution in [0, 0.1) is 12.7 Å². The van der Waals surface area contributed by atoms with Gasteiger partial charge >= 0.3 is 5.97 Å². The van der Waals surface area contributed by atoms with Crippen LogP contribution >= 0.6 is 23.4 Å². The van der Waals surface area contributed by atoms with Crippen molar-refractivity contribution >= 4 is 46.8 Å². The highest BCUT2D eigenvalue weighted by Crippen LogP contribution is 2.24. The number of carbonyl (C=O) groups is 3. The topological polar surface area (TPSA) is 169 Å². The minimum Gasteiger partial charge on any atom is -0.481 e. The summed E-state index contributed by atoms with van der Waals surface area (Å²) in [4.78, 5) is 58.6. The van der Waals surface area contributed by atoms with Crippen LogP contribution in [-0.4, -0.2) is 60.8 Å². The van der Waals surface area contributed by atoms with Crippen molar-refractivity contribution in [3.8, 4) is 0 Å². The number of aromatic nitrogens is 4. The molecule has 1 amide bonds. The number of hydrogen-bond donors (Lipinski definition) is 3. The van der Waals surface area contributed by atoms with Crippen LogP contribution < -0.4 is 16.2 Å². The minimum absolute atomic E-state index is 0.00801. The molecule has 0 saturated carbocycles. The molecule has 0 fully saturated rings. The van der Waals surface area contributed by atoms with Gasteiger partial charge in [-0.1, -0.05) is 29.7 Å². The zero-order valence-corrected chi connectivity index (χ0v) is 23.3. The monoisotopic (exact) mass is 594 g/mol. The minimum atomic E-state index is -1.35. The number of ketones is 1. The van der Waals surface area contributed by atoms with Crippen LogP contribution in [0.4, 0.5) is 10.2 Å². The number of aryl methyl sites for hydroxylation is 1. The Morgan fingerprint density at radius 2 is 2.08 bits per heavy atom. The Hall–Kier alpha value is -3.78. The van der Waals surface area contributed by atoms with Gasteiger partial charge in [-0.15, -0.1) is 11.8 Å². The van der Waals surface area contributed by atoms with E-state index in [9.17, 15) is 28.7 Å². The van der Waals surface area contributed by atoms with Crippen LogP contribution in [0.25, 0.3) is 0 Å². The lowest BCUT2D eigenvalue weighted by Gasteiger charge is -2.22. The number of thioether (sulfide) groups is 1. The molecule has 0 radical (unpaired) electrons. The average molecular weight is 595 g/mol. The molecule has 214 valence electrons. The summed E-state index contributed by atoms with van der Waals surface area (Å²) in [6.07, 6.45) is 2.54. The second-order valence-electron chi connectivity index (χ2n) is 8.64. The van der Waals surface area contributed by atoms with E-state index >= 15 is 0 Å². The first-order valence-corrected chi connectivity index (χ1v) is 13.8. The van der Waals surface area contributed by atoms with Crippen LogP contribution in [0.1, 0.15) is 43.1 Å². The number of benzene rings is 1. The summed E-state index contributed by atoms with van der Waals surface area (Å²) in [7, 11) is 0. The van der Waals surface area contributed by atoms with E-state index in [4.69, 9.17) is 16.1 Å². The number of nitrogens with zero attached hydrogens (tertiary/aromatic N) is 4. The van der Waals surface area contributed by atoms with Crippen molar-refractivity contribution in [2.24, 2.45) is 0 Å². The Morgan fingerprint density at radius 3 is 2.73 bits per heavy atom. The number of hydrogen-bond acceptors (Lipinski definition) is 10. The summed E-state index contributed by atoms with van der Waals surface area (Å²) in [6.45, 7) is 3.62. The fourth-order valence-corrected chi connectivity index (χ4v) is 5.05. The number of rotatable bonds is 15. The molecular formula is C25H28ClFN6O6S. The van der Waals surface area contributed by atoms with Crippen molar-refractivity contribution in [1.29, 1.82) is 0 Å². The van der Waals surface area contributed by atoms with Gasteiger partial charge in [0, 0.05) is 41.7 Å². The van der Waals surface area contributed by atoms with Gasteiger partial charge in [0.25, 0.3) is 5.56 Å². The van der Waals surface area contributed by atoms with Crippen molar-refractivity contribution in [2.75, 3.05) is 17.6 Å². The molecule has 2 aromatic heterocycles. The number of carbonyl (C=O) groups excluding carboxylic acids is 2. The normalized spacial score (nSPS) is 12.5. The number of anilines is 1. The molecule has 0 aliphatic rings. The van der Waals surface area contributed by atoms with E-state index in [0.717, 1.165) is 11.8 Å². The van der Waals surface area contributed by atoms with E-state index in [1.54, 1.807) is 13.8 Å². The lowest BCUT2D eigenvalue weighted by atomic mass is 10.1. The Kier molecular flexibility index (Phi) is 11.2. The molecule has 12 nitrogen and oxygen atoms in total. The molecule has 1 aromatic carbocycles. The average Bonchev–Trinajstić information content (AvgIpc) is 3.32. The fraction of sp³-hybridized carbons (Fsp3) is 0.400. The first kappa shape index (κ1) is 30.8. The number of nitrogens with one attached hydrogen (secondary N) is 2. The van der Waals surface area contributed by atoms with E-state index in [0.29, 0.717) is 18.1 Å². The highest BCUT2D eigenvalue weighted by atomic mass is 35.5.